The van der Waals surface area contributed by atoms with Crippen LogP contribution < -0.4 is 4.74 Å². The van der Waals surface area contributed by atoms with Crippen molar-refractivity contribution in [1.29, 1.82) is 0 Å². The lowest BCUT2D eigenvalue weighted by Crippen LogP contribution is -2.37. The van der Waals surface area contributed by atoms with Crippen molar-refractivity contribution in [3.05, 3.63) is 33.9 Å². The molecule has 20 heavy (non-hydrogen) atoms. The zero-order valence-electron chi connectivity index (χ0n) is 11.1. The Hall–Kier alpha value is -2.15. The van der Waals surface area contributed by atoms with Gasteiger partial charge in [-0.3, -0.25) is 14.9 Å². The third kappa shape index (κ3) is 2.57. The number of aliphatic hydroxyl groups is 1. The first-order chi connectivity index (χ1) is 9.58. The Balaban J connectivity index is 2.37. The van der Waals surface area contributed by atoms with Crippen LogP contribution in [0.4, 0.5) is 5.69 Å². The molecule has 1 aliphatic rings. The fraction of sp³-hybridized carbons (Fsp3) is 0.462. The van der Waals surface area contributed by atoms with E-state index in [1.807, 2.05) is 0 Å². The molecule has 2 rings (SSSR count). The van der Waals surface area contributed by atoms with Crippen LogP contribution in [-0.4, -0.2) is 47.1 Å². The largest absolute Gasteiger partial charge is 0.496 e. The molecule has 1 amide bonds. The molecule has 7 nitrogen and oxygen atoms in total. The summed E-state index contributed by atoms with van der Waals surface area (Å²) in [6, 6.07) is 3.69. The molecule has 1 aromatic carbocycles. The number of nitro groups is 1. The lowest BCUT2D eigenvalue weighted by Gasteiger charge is -2.23. The minimum absolute atomic E-state index is 0.108. The Bertz CT molecular complexity index is 531. The zero-order chi connectivity index (χ0) is 14.7. The summed E-state index contributed by atoms with van der Waals surface area (Å²) in [6.07, 6.45) is 1.55. The topological polar surface area (TPSA) is 92.9 Å². The maximum absolute atomic E-state index is 12.5. The molecular formula is C13H16N2O5. The molecule has 1 aliphatic heterocycles. The van der Waals surface area contributed by atoms with E-state index in [1.165, 1.54) is 25.3 Å². The number of amides is 1. The SMILES string of the molecule is COc1ccc([N+](=O)[O-])cc1C(=O)N1CCCC1CO. The number of carbonyl (C=O) groups is 1. The predicted molar refractivity (Wildman–Crippen MR) is 70.8 cm³/mol. The number of nitrogens with zero attached hydrogens (tertiary/aromatic N) is 2. The van der Waals surface area contributed by atoms with E-state index in [4.69, 9.17) is 4.74 Å². The first kappa shape index (κ1) is 14.3. The van der Waals surface area contributed by atoms with Gasteiger partial charge >= 0.3 is 0 Å². The van der Waals surface area contributed by atoms with Crippen molar-refractivity contribution in [2.24, 2.45) is 0 Å². The summed E-state index contributed by atoms with van der Waals surface area (Å²) in [6.45, 7) is 0.429. The Morgan fingerprint density at radius 1 is 1.60 bits per heavy atom. The normalized spacial score (nSPS) is 18.1. The van der Waals surface area contributed by atoms with Crippen molar-refractivity contribution in [3.8, 4) is 5.75 Å². The van der Waals surface area contributed by atoms with Crippen LogP contribution >= 0.6 is 0 Å². The van der Waals surface area contributed by atoms with Gasteiger partial charge in [0.15, 0.2) is 0 Å². The standard InChI is InChI=1S/C13H16N2O5/c1-20-12-5-4-9(15(18)19)7-11(12)13(17)14-6-2-3-10(14)8-16/h4-5,7,10,16H,2-3,6,8H2,1H3. The summed E-state index contributed by atoms with van der Waals surface area (Å²) < 4.78 is 5.10. The van der Waals surface area contributed by atoms with Gasteiger partial charge in [0.05, 0.1) is 30.2 Å². The van der Waals surface area contributed by atoms with Crippen molar-refractivity contribution in [2.45, 2.75) is 18.9 Å². The highest BCUT2D eigenvalue weighted by atomic mass is 16.6. The molecule has 1 N–H and O–H groups in total. The van der Waals surface area contributed by atoms with Crippen LogP contribution in [0.3, 0.4) is 0 Å². The van der Waals surface area contributed by atoms with Crippen molar-refractivity contribution in [3.63, 3.8) is 0 Å². The number of non-ortho nitro benzene ring substituents is 1. The van der Waals surface area contributed by atoms with Gasteiger partial charge in [-0.25, -0.2) is 0 Å². The summed E-state index contributed by atoms with van der Waals surface area (Å²) in [5, 5.41) is 20.1. The number of ether oxygens (including phenoxy) is 1. The van der Waals surface area contributed by atoms with E-state index >= 15 is 0 Å². The molecule has 1 atom stereocenters. The van der Waals surface area contributed by atoms with E-state index in [2.05, 4.69) is 0 Å². The molecule has 0 bridgehead atoms. The van der Waals surface area contributed by atoms with Gasteiger partial charge in [0.2, 0.25) is 0 Å². The van der Waals surface area contributed by atoms with Gasteiger partial charge in [-0.1, -0.05) is 0 Å². The van der Waals surface area contributed by atoms with E-state index in [9.17, 15) is 20.0 Å². The third-order valence-corrected chi connectivity index (χ3v) is 3.47. The summed E-state index contributed by atoms with van der Waals surface area (Å²) in [5.41, 5.74) is -0.00375. The fourth-order valence-electron chi connectivity index (χ4n) is 2.42. The second kappa shape index (κ2) is 5.87. The predicted octanol–water partition coefficient (Wildman–Crippen LogP) is 1.20. The summed E-state index contributed by atoms with van der Waals surface area (Å²) >= 11 is 0. The number of aliphatic hydroxyl groups excluding tert-OH is 1. The number of methoxy groups -OCH3 is 1. The molecule has 1 fully saturated rings. The number of benzene rings is 1. The molecule has 0 aliphatic carbocycles. The van der Waals surface area contributed by atoms with Gasteiger partial charge < -0.3 is 14.7 Å². The first-order valence-electron chi connectivity index (χ1n) is 6.32. The molecular weight excluding hydrogens is 264 g/mol. The molecule has 0 spiro atoms. The summed E-state index contributed by atoms with van der Waals surface area (Å²) in [5.74, 6) is -0.0497. The van der Waals surface area contributed by atoms with E-state index in [0.29, 0.717) is 12.3 Å². The third-order valence-electron chi connectivity index (χ3n) is 3.47. The van der Waals surface area contributed by atoms with Crippen molar-refractivity contribution in [1.82, 2.24) is 4.90 Å². The van der Waals surface area contributed by atoms with Gasteiger partial charge in [0, 0.05) is 18.7 Å². The van der Waals surface area contributed by atoms with Crippen LogP contribution in [0.1, 0.15) is 23.2 Å². The van der Waals surface area contributed by atoms with Gasteiger partial charge in [-0.05, 0) is 18.9 Å². The minimum atomic E-state index is -0.552. The number of likely N-dealkylation sites (tertiary alicyclic amines) is 1. The van der Waals surface area contributed by atoms with E-state index in [-0.39, 0.29) is 29.8 Å². The van der Waals surface area contributed by atoms with E-state index < -0.39 is 4.92 Å². The number of hydrogen-bond donors (Lipinski definition) is 1. The van der Waals surface area contributed by atoms with E-state index in [0.717, 1.165) is 12.8 Å². The fourth-order valence-corrected chi connectivity index (χ4v) is 2.42. The maximum Gasteiger partial charge on any atom is 0.270 e. The molecule has 1 aromatic rings. The zero-order valence-corrected chi connectivity index (χ0v) is 11.1. The van der Waals surface area contributed by atoms with Gasteiger partial charge in [-0.15, -0.1) is 0 Å². The van der Waals surface area contributed by atoms with Crippen molar-refractivity contribution < 1.29 is 19.6 Å². The molecule has 7 heteroatoms. The monoisotopic (exact) mass is 280 g/mol. The molecule has 108 valence electrons. The quantitative estimate of drug-likeness (QED) is 0.660. The van der Waals surface area contributed by atoms with Crippen LogP contribution in [0.2, 0.25) is 0 Å². The smallest absolute Gasteiger partial charge is 0.270 e. The average Bonchev–Trinajstić information content (AvgIpc) is 2.94. The molecule has 1 heterocycles. The maximum atomic E-state index is 12.5. The molecule has 1 saturated heterocycles. The number of rotatable bonds is 4. The first-order valence-corrected chi connectivity index (χ1v) is 6.32. The molecule has 0 radical (unpaired) electrons. The minimum Gasteiger partial charge on any atom is -0.496 e. The lowest BCUT2D eigenvalue weighted by molar-refractivity contribution is -0.384. The molecule has 0 saturated carbocycles. The van der Waals surface area contributed by atoms with Crippen LogP contribution in [0.15, 0.2) is 18.2 Å². The molecule has 0 aromatic heterocycles. The van der Waals surface area contributed by atoms with Crippen molar-refractivity contribution >= 4 is 11.6 Å². The number of hydrogen-bond acceptors (Lipinski definition) is 5. The highest BCUT2D eigenvalue weighted by Gasteiger charge is 2.31. The highest BCUT2D eigenvalue weighted by Crippen LogP contribution is 2.28. The average molecular weight is 280 g/mol. The Morgan fingerprint density at radius 3 is 2.95 bits per heavy atom. The number of nitro benzene ring substituents is 1. The highest BCUT2D eigenvalue weighted by molar-refractivity contribution is 5.98. The van der Waals surface area contributed by atoms with Crippen LogP contribution in [0.5, 0.6) is 5.75 Å². The Labute approximate surface area is 115 Å². The van der Waals surface area contributed by atoms with Gasteiger partial charge in [-0.2, -0.15) is 0 Å². The number of carbonyl (C=O) groups excluding carboxylic acids is 1. The second-order valence-electron chi connectivity index (χ2n) is 4.62. The Kier molecular flexibility index (Phi) is 4.19. The summed E-state index contributed by atoms with van der Waals surface area (Å²) in [4.78, 5) is 24.3. The van der Waals surface area contributed by atoms with Gasteiger partial charge in [0.1, 0.15) is 5.75 Å². The van der Waals surface area contributed by atoms with Crippen molar-refractivity contribution in [2.75, 3.05) is 20.3 Å². The second-order valence-corrected chi connectivity index (χ2v) is 4.62. The van der Waals surface area contributed by atoms with Crippen LogP contribution in [-0.2, 0) is 0 Å². The van der Waals surface area contributed by atoms with Gasteiger partial charge in [0.25, 0.3) is 11.6 Å². The Morgan fingerprint density at radius 2 is 2.35 bits per heavy atom. The summed E-state index contributed by atoms with van der Waals surface area (Å²) in [7, 11) is 1.41. The molecule has 1 unspecified atom stereocenters. The lowest BCUT2D eigenvalue weighted by atomic mass is 10.1. The van der Waals surface area contributed by atoms with Crippen LogP contribution in [0.25, 0.3) is 0 Å². The van der Waals surface area contributed by atoms with Crippen LogP contribution in [0, 0.1) is 10.1 Å². The van der Waals surface area contributed by atoms with E-state index in [1.54, 1.807) is 4.90 Å².